The van der Waals surface area contributed by atoms with E-state index in [9.17, 15) is 0 Å². The van der Waals surface area contributed by atoms with E-state index in [4.69, 9.17) is 0 Å². The molecule has 1 N–H and O–H groups in total. The number of nitrogens with one attached hydrogen (secondary N) is 1. The average Bonchev–Trinajstić information content (AvgIpc) is 2.75. The Morgan fingerprint density at radius 1 is 1.33 bits per heavy atom. The van der Waals surface area contributed by atoms with Crippen molar-refractivity contribution in [2.75, 3.05) is 7.05 Å². The smallest absolute Gasteiger partial charge is 0.0134 e. The van der Waals surface area contributed by atoms with Gasteiger partial charge in [0.1, 0.15) is 0 Å². The van der Waals surface area contributed by atoms with Gasteiger partial charge in [0.05, 0.1) is 0 Å². The molecule has 2 rings (SSSR count). The van der Waals surface area contributed by atoms with Gasteiger partial charge in [-0.25, -0.2) is 0 Å². The molecular formula is C16H27NS. The first-order valence-corrected chi connectivity index (χ1v) is 8.06. The maximum absolute atomic E-state index is 3.58. The summed E-state index contributed by atoms with van der Waals surface area (Å²) >= 11 is 1.94. The molecule has 1 fully saturated rings. The summed E-state index contributed by atoms with van der Waals surface area (Å²) in [6, 6.07) is 2.94. The molecule has 1 aliphatic carbocycles. The molecule has 1 aromatic heterocycles. The molecule has 1 heterocycles. The topological polar surface area (TPSA) is 12.0 Å². The van der Waals surface area contributed by atoms with Crippen LogP contribution < -0.4 is 5.32 Å². The highest BCUT2D eigenvalue weighted by molar-refractivity contribution is 7.10. The minimum atomic E-state index is 0.298. The Labute approximate surface area is 116 Å². The monoisotopic (exact) mass is 265 g/mol. The largest absolute Gasteiger partial charge is 0.317 e. The van der Waals surface area contributed by atoms with Crippen molar-refractivity contribution in [2.24, 2.45) is 11.8 Å². The van der Waals surface area contributed by atoms with E-state index in [1.165, 1.54) is 24.8 Å². The molecule has 102 valence electrons. The first-order chi connectivity index (χ1) is 8.46. The third-order valence-corrected chi connectivity index (χ3v) is 6.21. The van der Waals surface area contributed by atoms with Crippen molar-refractivity contribution >= 4 is 11.3 Å². The summed E-state index contributed by atoms with van der Waals surface area (Å²) in [7, 11) is 2.13. The zero-order chi connectivity index (χ0) is 13.3. The van der Waals surface area contributed by atoms with Crippen molar-refractivity contribution in [3.8, 4) is 0 Å². The Hall–Kier alpha value is -0.340. The van der Waals surface area contributed by atoms with Gasteiger partial charge in [0, 0.05) is 16.3 Å². The van der Waals surface area contributed by atoms with Gasteiger partial charge in [-0.3, -0.25) is 0 Å². The van der Waals surface area contributed by atoms with Gasteiger partial charge < -0.3 is 5.32 Å². The lowest BCUT2D eigenvalue weighted by Crippen LogP contribution is -2.47. The predicted octanol–water partition coefficient (Wildman–Crippen LogP) is 4.36. The number of hydrogen-bond acceptors (Lipinski definition) is 2. The van der Waals surface area contributed by atoms with Crippen molar-refractivity contribution < 1.29 is 0 Å². The number of thiophene rings is 1. The van der Waals surface area contributed by atoms with Crippen LogP contribution in [0.1, 0.15) is 50.5 Å². The third kappa shape index (κ3) is 2.50. The SMILES string of the molecule is CNC1CC(C)CCC1C(C)(C)c1sccc1C. The van der Waals surface area contributed by atoms with Crippen molar-refractivity contribution in [1.29, 1.82) is 0 Å². The van der Waals surface area contributed by atoms with Crippen molar-refractivity contribution in [3.05, 3.63) is 21.9 Å². The molecule has 1 nitrogen and oxygen atoms in total. The van der Waals surface area contributed by atoms with Crippen LogP contribution in [0.5, 0.6) is 0 Å². The van der Waals surface area contributed by atoms with Crippen LogP contribution in [0.3, 0.4) is 0 Å². The Morgan fingerprint density at radius 3 is 2.61 bits per heavy atom. The zero-order valence-corrected chi connectivity index (χ0v) is 13.2. The van der Waals surface area contributed by atoms with Gasteiger partial charge in [0.15, 0.2) is 0 Å². The summed E-state index contributed by atoms with van der Waals surface area (Å²) in [5, 5.41) is 5.82. The molecule has 18 heavy (non-hydrogen) atoms. The lowest BCUT2D eigenvalue weighted by molar-refractivity contribution is 0.153. The fraction of sp³-hybridized carbons (Fsp3) is 0.750. The van der Waals surface area contributed by atoms with Gasteiger partial charge in [-0.15, -0.1) is 11.3 Å². The van der Waals surface area contributed by atoms with Crippen LogP contribution in [0.4, 0.5) is 0 Å². The van der Waals surface area contributed by atoms with Crippen LogP contribution in [0, 0.1) is 18.8 Å². The highest BCUT2D eigenvalue weighted by Crippen LogP contribution is 2.44. The van der Waals surface area contributed by atoms with Gasteiger partial charge in [0.25, 0.3) is 0 Å². The maximum Gasteiger partial charge on any atom is 0.0134 e. The van der Waals surface area contributed by atoms with Gasteiger partial charge in [-0.1, -0.05) is 27.2 Å². The molecule has 0 bridgehead atoms. The molecule has 3 unspecified atom stereocenters. The summed E-state index contributed by atoms with van der Waals surface area (Å²) in [4.78, 5) is 1.59. The number of rotatable bonds is 3. The van der Waals surface area contributed by atoms with Crippen LogP contribution in [0.2, 0.25) is 0 Å². The lowest BCUT2D eigenvalue weighted by Gasteiger charge is -2.44. The van der Waals surface area contributed by atoms with E-state index < -0.39 is 0 Å². The Balaban J connectivity index is 2.26. The van der Waals surface area contributed by atoms with Crippen molar-refractivity contribution in [2.45, 2.75) is 58.4 Å². The van der Waals surface area contributed by atoms with Crippen LogP contribution in [0.15, 0.2) is 11.4 Å². The second-order valence-corrected chi connectivity index (χ2v) is 7.49. The predicted molar refractivity (Wildman–Crippen MR) is 81.4 cm³/mol. The molecule has 0 radical (unpaired) electrons. The van der Waals surface area contributed by atoms with E-state index in [1.807, 2.05) is 11.3 Å². The molecule has 3 atom stereocenters. The minimum Gasteiger partial charge on any atom is -0.317 e. The summed E-state index contributed by atoms with van der Waals surface area (Å²) in [6.07, 6.45) is 4.07. The molecule has 1 aliphatic rings. The van der Waals surface area contributed by atoms with Crippen LogP contribution >= 0.6 is 11.3 Å². The van der Waals surface area contributed by atoms with E-state index in [0.29, 0.717) is 11.5 Å². The fourth-order valence-electron chi connectivity index (χ4n) is 3.76. The molecule has 0 aliphatic heterocycles. The summed E-state index contributed by atoms with van der Waals surface area (Å²) in [5.41, 5.74) is 1.77. The van der Waals surface area contributed by atoms with Gasteiger partial charge >= 0.3 is 0 Å². The van der Waals surface area contributed by atoms with Crippen molar-refractivity contribution in [1.82, 2.24) is 5.32 Å². The van der Waals surface area contributed by atoms with E-state index in [0.717, 1.165) is 11.8 Å². The quantitative estimate of drug-likeness (QED) is 0.856. The number of aryl methyl sites for hydroxylation is 1. The third-order valence-electron chi connectivity index (χ3n) is 4.86. The number of hydrogen-bond donors (Lipinski definition) is 1. The molecule has 0 saturated heterocycles. The second-order valence-electron chi connectivity index (χ2n) is 6.57. The zero-order valence-electron chi connectivity index (χ0n) is 12.4. The van der Waals surface area contributed by atoms with Crippen LogP contribution in [0.25, 0.3) is 0 Å². The molecule has 0 spiro atoms. The summed E-state index contributed by atoms with van der Waals surface area (Å²) in [5.74, 6) is 1.63. The average molecular weight is 265 g/mol. The Bertz CT molecular complexity index is 394. The van der Waals surface area contributed by atoms with E-state index >= 15 is 0 Å². The lowest BCUT2D eigenvalue weighted by atomic mass is 9.65. The van der Waals surface area contributed by atoms with E-state index in [-0.39, 0.29) is 0 Å². The normalized spacial score (nSPS) is 29.5. The molecule has 1 saturated carbocycles. The molecule has 0 amide bonds. The Kier molecular flexibility index (Phi) is 4.18. The first kappa shape index (κ1) is 14.1. The van der Waals surface area contributed by atoms with Crippen LogP contribution in [-0.4, -0.2) is 13.1 Å². The van der Waals surface area contributed by atoms with Gasteiger partial charge in [0.2, 0.25) is 0 Å². The summed E-state index contributed by atoms with van der Waals surface area (Å²) < 4.78 is 0. The first-order valence-electron chi connectivity index (χ1n) is 7.18. The highest BCUT2D eigenvalue weighted by atomic mass is 32.1. The maximum atomic E-state index is 3.58. The highest BCUT2D eigenvalue weighted by Gasteiger charge is 2.40. The molecular weight excluding hydrogens is 238 g/mol. The fourth-order valence-corrected chi connectivity index (χ4v) is 4.88. The molecule has 2 heteroatoms. The van der Waals surface area contributed by atoms with Gasteiger partial charge in [-0.05, 0) is 55.7 Å². The van der Waals surface area contributed by atoms with Crippen LogP contribution in [-0.2, 0) is 5.41 Å². The summed E-state index contributed by atoms with van der Waals surface area (Å²) in [6.45, 7) is 9.53. The second kappa shape index (κ2) is 5.34. The molecule has 1 aromatic rings. The molecule has 0 aromatic carbocycles. The van der Waals surface area contributed by atoms with E-state index in [2.05, 4.69) is 51.5 Å². The minimum absolute atomic E-state index is 0.298. The van der Waals surface area contributed by atoms with E-state index in [1.54, 1.807) is 4.88 Å². The Morgan fingerprint density at radius 2 is 2.06 bits per heavy atom. The van der Waals surface area contributed by atoms with Crippen molar-refractivity contribution in [3.63, 3.8) is 0 Å². The standard InChI is InChI=1S/C16H27NS/c1-11-6-7-13(14(10-11)17-5)16(3,4)15-12(2)8-9-18-15/h8-9,11,13-14,17H,6-7,10H2,1-5H3. The van der Waals surface area contributed by atoms with Gasteiger partial charge in [-0.2, -0.15) is 0 Å².